The highest BCUT2D eigenvalue weighted by molar-refractivity contribution is 6.00. The monoisotopic (exact) mass is 424 g/mol. The van der Waals surface area contributed by atoms with Crippen LogP contribution in [0, 0.1) is 11.3 Å². The van der Waals surface area contributed by atoms with Gasteiger partial charge in [-0.1, -0.05) is 12.1 Å². The number of nitrogens with one attached hydrogen (secondary N) is 2. The molecule has 1 saturated heterocycles. The number of carbonyl (C=O) groups excluding carboxylic acids is 2. The highest BCUT2D eigenvalue weighted by Gasteiger charge is 2.45. The van der Waals surface area contributed by atoms with Gasteiger partial charge in [-0.2, -0.15) is 0 Å². The van der Waals surface area contributed by atoms with Crippen LogP contribution in [0.5, 0.6) is 0 Å². The molecule has 1 atom stereocenters. The third-order valence-corrected chi connectivity index (χ3v) is 8.11. The second kappa shape index (κ2) is 7.62. The maximum absolute atomic E-state index is 13.1. The minimum absolute atomic E-state index is 0.188. The van der Waals surface area contributed by atoms with E-state index < -0.39 is 6.04 Å². The Labute approximate surface area is 182 Å². The fraction of sp³-hybridized carbons (Fsp3) is 0.625. The molecule has 2 aromatic rings. The maximum atomic E-state index is 13.1. The molecule has 7 heteroatoms. The van der Waals surface area contributed by atoms with Gasteiger partial charge in [0, 0.05) is 19.5 Å². The number of rotatable bonds is 4. The van der Waals surface area contributed by atoms with Crippen molar-refractivity contribution >= 4 is 22.8 Å². The zero-order chi connectivity index (χ0) is 21.8. The van der Waals surface area contributed by atoms with Crippen molar-refractivity contribution in [3.63, 3.8) is 0 Å². The van der Waals surface area contributed by atoms with E-state index in [9.17, 15) is 14.4 Å². The molecule has 2 amide bonds. The largest absolute Gasteiger partial charge is 0.329 e. The van der Waals surface area contributed by atoms with Gasteiger partial charge in [0.2, 0.25) is 11.8 Å². The van der Waals surface area contributed by atoms with Gasteiger partial charge >= 0.3 is 5.69 Å². The summed E-state index contributed by atoms with van der Waals surface area (Å²) >= 11 is 0. The highest BCUT2D eigenvalue weighted by atomic mass is 16.2. The van der Waals surface area contributed by atoms with Crippen molar-refractivity contribution in [3.8, 4) is 0 Å². The Morgan fingerprint density at radius 1 is 1.13 bits per heavy atom. The second-order valence-electron chi connectivity index (χ2n) is 10.0. The van der Waals surface area contributed by atoms with Crippen LogP contribution in [-0.4, -0.2) is 34.0 Å². The zero-order valence-corrected chi connectivity index (χ0v) is 18.4. The molecule has 0 bridgehead atoms. The summed E-state index contributed by atoms with van der Waals surface area (Å²) in [6.07, 6.45) is 9.37. The van der Waals surface area contributed by atoms with Crippen LogP contribution < -0.4 is 16.3 Å². The van der Waals surface area contributed by atoms with Crippen LogP contribution in [0.15, 0.2) is 23.0 Å². The number of imidazole rings is 1. The Morgan fingerprint density at radius 3 is 2.55 bits per heavy atom. The Bertz CT molecular complexity index is 1080. The van der Waals surface area contributed by atoms with E-state index in [-0.39, 0.29) is 23.9 Å². The summed E-state index contributed by atoms with van der Waals surface area (Å²) in [6, 6.07) is 6.09. The van der Waals surface area contributed by atoms with E-state index in [1.807, 2.05) is 12.1 Å². The van der Waals surface area contributed by atoms with Gasteiger partial charge in [-0.25, -0.2) is 4.79 Å². The van der Waals surface area contributed by atoms with Crippen LogP contribution in [0.2, 0.25) is 0 Å². The Balaban J connectivity index is 1.38. The van der Waals surface area contributed by atoms with E-state index in [4.69, 9.17) is 0 Å². The van der Waals surface area contributed by atoms with Crippen LogP contribution in [0.1, 0.15) is 63.0 Å². The van der Waals surface area contributed by atoms with Gasteiger partial charge in [-0.05, 0) is 81.4 Å². The average Bonchev–Trinajstić information content (AvgIpc) is 2.99. The molecule has 2 heterocycles. The van der Waals surface area contributed by atoms with E-state index in [0.29, 0.717) is 23.8 Å². The smallest absolute Gasteiger partial charge is 0.317 e. The van der Waals surface area contributed by atoms with E-state index in [2.05, 4.69) is 23.7 Å². The first kappa shape index (κ1) is 20.5. The number of imide groups is 1. The molecule has 1 spiro atoms. The first-order chi connectivity index (χ1) is 14.9. The van der Waals surface area contributed by atoms with Crippen molar-refractivity contribution < 1.29 is 9.59 Å². The summed E-state index contributed by atoms with van der Waals surface area (Å²) in [5.74, 6) is 0.0121. The lowest BCUT2D eigenvalue weighted by Crippen LogP contribution is -2.44. The number of fused-ring (bicyclic) bond motifs is 1. The van der Waals surface area contributed by atoms with Crippen molar-refractivity contribution in [2.24, 2.45) is 18.4 Å². The van der Waals surface area contributed by atoms with Crippen LogP contribution in [0.4, 0.5) is 0 Å². The minimum Gasteiger partial charge on any atom is -0.317 e. The molecular weight excluding hydrogens is 392 g/mol. The summed E-state index contributed by atoms with van der Waals surface area (Å²) in [5, 5.41) is 5.81. The number of aryl methyl sites for hydroxylation is 1. The molecular formula is C24H32N4O3. The van der Waals surface area contributed by atoms with Crippen LogP contribution >= 0.6 is 0 Å². The minimum atomic E-state index is -0.626. The van der Waals surface area contributed by atoms with Crippen LogP contribution in [-0.2, 0) is 23.1 Å². The predicted octanol–water partition coefficient (Wildman–Crippen LogP) is 2.42. The molecule has 0 radical (unpaired) electrons. The standard InChI is InChI=1S/C24H32N4O3/c1-25-17-8-10-24(11-9-17)13-15(14-24)12-16-4-3-5-18-21(16)27(2)23(31)28(18)19-6-7-20(29)26-22(19)30/h3-5,15,17,19,25H,6-14H2,1-2H3,(H,26,29,30)/t15-,17-,19?,24?. The number of benzene rings is 1. The van der Waals surface area contributed by atoms with Gasteiger partial charge in [0.05, 0.1) is 11.0 Å². The number of nitrogens with zero attached hydrogens (tertiary/aromatic N) is 2. The third kappa shape index (κ3) is 3.43. The average molecular weight is 425 g/mol. The predicted molar refractivity (Wildman–Crippen MR) is 119 cm³/mol. The van der Waals surface area contributed by atoms with Gasteiger partial charge in [-0.15, -0.1) is 0 Å². The molecule has 2 aliphatic carbocycles. The Morgan fingerprint density at radius 2 is 1.87 bits per heavy atom. The lowest BCUT2D eigenvalue weighted by molar-refractivity contribution is -0.135. The molecule has 7 nitrogen and oxygen atoms in total. The fourth-order valence-electron chi connectivity index (χ4n) is 6.46. The fourth-order valence-corrected chi connectivity index (χ4v) is 6.46. The number of hydrogen-bond acceptors (Lipinski definition) is 4. The molecule has 3 fully saturated rings. The molecule has 1 aromatic carbocycles. The van der Waals surface area contributed by atoms with Crippen molar-refractivity contribution in [2.75, 3.05) is 7.05 Å². The van der Waals surface area contributed by atoms with Gasteiger partial charge in [0.15, 0.2) is 0 Å². The number of carbonyl (C=O) groups is 2. The molecule has 1 aromatic heterocycles. The second-order valence-corrected chi connectivity index (χ2v) is 10.0. The molecule has 1 aliphatic heterocycles. The van der Waals surface area contributed by atoms with Crippen LogP contribution in [0.25, 0.3) is 11.0 Å². The first-order valence-corrected chi connectivity index (χ1v) is 11.6. The number of hydrogen-bond donors (Lipinski definition) is 2. The Hall–Kier alpha value is -2.41. The summed E-state index contributed by atoms with van der Waals surface area (Å²) in [6.45, 7) is 0. The summed E-state index contributed by atoms with van der Waals surface area (Å²) in [5.41, 5.74) is 3.26. The Kier molecular flexibility index (Phi) is 5.04. The quantitative estimate of drug-likeness (QED) is 0.739. The molecule has 2 saturated carbocycles. The zero-order valence-electron chi connectivity index (χ0n) is 18.4. The van der Waals surface area contributed by atoms with Gasteiger partial charge in [0.1, 0.15) is 6.04 Å². The molecule has 2 N–H and O–H groups in total. The van der Waals surface area contributed by atoms with Crippen molar-refractivity contribution in [1.82, 2.24) is 19.8 Å². The van der Waals surface area contributed by atoms with E-state index in [1.165, 1.54) is 44.1 Å². The molecule has 3 aliphatic rings. The lowest BCUT2D eigenvalue weighted by Gasteiger charge is -2.52. The van der Waals surface area contributed by atoms with E-state index in [0.717, 1.165) is 17.5 Å². The lowest BCUT2D eigenvalue weighted by atomic mass is 9.54. The van der Waals surface area contributed by atoms with Gasteiger partial charge in [0.25, 0.3) is 0 Å². The highest BCUT2D eigenvalue weighted by Crippen LogP contribution is 2.55. The van der Waals surface area contributed by atoms with Gasteiger partial charge in [-0.3, -0.25) is 24.0 Å². The van der Waals surface area contributed by atoms with Gasteiger partial charge < -0.3 is 5.32 Å². The normalized spacial score (nSPS) is 31.1. The summed E-state index contributed by atoms with van der Waals surface area (Å²) in [4.78, 5) is 37.1. The number of amides is 2. The SMILES string of the molecule is CN[C@H]1CCC2(CC1)C[C@@H](Cc1cccc3c1n(C)c(=O)n3C1CCC(=O)NC1=O)C2. The maximum Gasteiger partial charge on any atom is 0.329 e. The van der Waals surface area contributed by atoms with Crippen molar-refractivity contribution in [2.45, 2.75) is 69.9 Å². The number of piperidine rings is 1. The molecule has 5 rings (SSSR count). The molecule has 166 valence electrons. The third-order valence-electron chi connectivity index (χ3n) is 8.11. The summed E-state index contributed by atoms with van der Waals surface area (Å²) < 4.78 is 3.27. The van der Waals surface area contributed by atoms with E-state index >= 15 is 0 Å². The number of para-hydroxylation sites is 1. The molecule has 1 unspecified atom stereocenters. The topological polar surface area (TPSA) is 85.1 Å². The first-order valence-electron chi connectivity index (χ1n) is 11.6. The summed E-state index contributed by atoms with van der Waals surface area (Å²) in [7, 11) is 3.86. The van der Waals surface area contributed by atoms with Crippen molar-refractivity contribution in [1.29, 1.82) is 0 Å². The van der Waals surface area contributed by atoms with E-state index in [1.54, 1.807) is 16.2 Å². The van der Waals surface area contributed by atoms with Crippen LogP contribution in [0.3, 0.4) is 0 Å². The molecule has 31 heavy (non-hydrogen) atoms. The van der Waals surface area contributed by atoms with Crippen molar-refractivity contribution in [3.05, 3.63) is 34.2 Å². The number of aromatic nitrogens is 2.